The van der Waals surface area contributed by atoms with Crippen molar-refractivity contribution in [1.29, 1.82) is 0 Å². The van der Waals surface area contributed by atoms with Gasteiger partial charge in [-0.1, -0.05) is 17.7 Å². The molecule has 0 spiro atoms. The molecule has 0 radical (unpaired) electrons. The lowest BCUT2D eigenvalue weighted by Crippen LogP contribution is -2.36. The molecule has 1 aliphatic carbocycles. The monoisotopic (exact) mass is 292 g/mol. The van der Waals surface area contributed by atoms with Crippen LogP contribution in [0.15, 0.2) is 11.1 Å². The molecule has 0 aromatic carbocycles. The number of imide groups is 1. The molecule has 1 aliphatic heterocycles. The molecule has 0 saturated carbocycles. The van der Waals surface area contributed by atoms with Gasteiger partial charge in [-0.05, 0) is 26.9 Å². The van der Waals surface area contributed by atoms with Gasteiger partial charge in [-0.3, -0.25) is 14.5 Å². The zero-order valence-corrected chi connectivity index (χ0v) is 12.1. The van der Waals surface area contributed by atoms with Crippen molar-refractivity contribution >= 4 is 35.8 Å². The second-order valence-corrected chi connectivity index (χ2v) is 5.42. The Labute approximate surface area is 118 Å². The Morgan fingerprint density at radius 1 is 1.33 bits per heavy atom. The highest BCUT2D eigenvalue weighted by Crippen LogP contribution is 2.38. The molecular weight excluding hydrogens is 275 g/mol. The van der Waals surface area contributed by atoms with Crippen LogP contribution in [0.4, 0.5) is 0 Å². The first kappa shape index (κ1) is 15.5. The molecule has 2 amide bonds. The van der Waals surface area contributed by atoms with Crippen LogP contribution in [-0.4, -0.2) is 48.8 Å². The number of allylic oxidation sites excluding steroid dienone is 2. The van der Waals surface area contributed by atoms with Gasteiger partial charge in [0.05, 0.1) is 11.8 Å². The largest absolute Gasteiger partial charge is 0.308 e. The number of carbonyl (C=O) groups is 2. The molecule has 0 aromatic heterocycles. The summed E-state index contributed by atoms with van der Waals surface area (Å²) in [6.07, 6.45) is 2.99. The molecule has 18 heavy (non-hydrogen) atoms. The van der Waals surface area contributed by atoms with Gasteiger partial charge in [-0.2, -0.15) is 0 Å². The maximum absolute atomic E-state index is 12.1. The number of carbonyl (C=O) groups excluding carboxylic acids is 2. The highest BCUT2D eigenvalue weighted by Gasteiger charge is 2.47. The van der Waals surface area contributed by atoms with Crippen molar-refractivity contribution in [3.8, 4) is 0 Å². The van der Waals surface area contributed by atoms with Crippen molar-refractivity contribution in [3.05, 3.63) is 11.1 Å². The minimum Gasteiger partial charge on any atom is -0.308 e. The molecule has 0 aromatic rings. The van der Waals surface area contributed by atoms with Crippen LogP contribution in [0.2, 0.25) is 0 Å². The van der Waals surface area contributed by atoms with Gasteiger partial charge in [0.1, 0.15) is 0 Å². The van der Waals surface area contributed by atoms with Crippen molar-refractivity contribution in [1.82, 2.24) is 9.80 Å². The van der Waals surface area contributed by atoms with Crippen LogP contribution in [0.25, 0.3) is 0 Å². The molecule has 2 rings (SSSR count). The minimum absolute atomic E-state index is 0. The van der Waals surface area contributed by atoms with Crippen LogP contribution in [0, 0.1) is 11.8 Å². The van der Waals surface area contributed by atoms with Crippen LogP contribution >= 0.6 is 24.0 Å². The summed E-state index contributed by atoms with van der Waals surface area (Å²) >= 11 is 5.94. The van der Waals surface area contributed by atoms with Gasteiger partial charge in [0.15, 0.2) is 0 Å². The van der Waals surface area contributed by atoms with Gasteiger partial charge < -0.3 is 4.90 Å². The maximum atomic E-state index is 12.1. The fraction of sp³-hybridized carbons (Fsp3) is 0.667. The molecule has 1 fully saturated rings. The number of amides is 2. The lowest BCUT2D eigenvalue weighted by atomic mass is 9.85. The molecule has 4 nitrogen and oxygen atoms in total. The Bertz CT molecular complexity index is 382. The van der Waals surface area contributed by atoms with Gasteiger partial charge in [-0.15, -0.1) is 12.4 Å². The fourth-order valence-corrected chi connectivity index (χ4v) is 2.67. The van der Waals surface area contributed by atoms with E-state index in [4.69, 9.17) is 11.6 Å². The molecule has 0 N–H and O–H groups in total. The Morgan fingerprint density at radius 3 is 2.56 bits per heavy atom. The summed E-state index contributed by atoms with van der Waals surface area (Å²) in [6, 6.07) is 0. The Balaban J connectivity index is 0.00000162. The molecule has 2 unspecified atom stereocenters. The third-order valence-corrected chi connectivity index (χ3v) is 3.74. The topological polar surface area (TPSA) is 40.6 Å². The highest BCUT2D eigenvalue weighted by atomic mass is 35.5. The van der Waals surface area contributed by atoms with E-state index in [1.165, 1.54) is 4.90 Å². The van der Waals surface area contributed by atoms with Crippen molar-refractivity contribution in [2.24, 2.45) is 11.8 Å². The molecule has 1 saturated heterocycles. The molecule has 102 valence electrons. The lowest BCUT2D eigenvalue weighted by Gasteiger charge is -2.17. The van der Waals surface area contributed by atoms with Crippen LogP contribution in [0.3, 0.4) is 0 Å². The highest BCUT2D eigenvalue weighted by molar-refractivity contribution is 6.30. The Hall–Kier alpha value is -0.580. The average molecular weight is 293 g/mol. The number of fused-ring (bicyclic) bond motifs is 1. The summed E-state index contributed by atoms with van der Waals surface area (Å²) in [5, 5.41) is 0.710. The molecule has 2 aliphatic rings. The number of likely N-dealkylation sites (tertiary alicyclic amines) is 1. The van der Waals surface area contributed by atoms with Crippen LogP contribution in [0.1, 0.15) is 12.8 Å². The van der Waals surface area contributed by atoms with E-state index in [0.29, 0.717) is 31.0 Å². The predicted octanol–water partition coefficient (Wildman–Crippen LogP) is 1.49. The van der Waals surface area contributed by atoms with E-state index >= 15 is 0 Å². The summed E-state index contributed by atoms with van der Waals surface area (Å²) in [7, 11) is 3.85. The first-order valence-electron chi connectivity index (χ1n) is 5.85. The Kier molecular flexibility index (Phi) is 5.20. The molecular formula is C12H18Cl2N2O2. The van der Waals surface area contributed by atoms with Crippen LogP contribution in [0.5, 0.6) is 0 Å². The number of halogens is 2. The van der Waals surface area contributed by atoms with E-state index in [0.717, 1.165) is 0 Å². The second-order valence-electron chi connectivity index (χ2n) is 4.94. The SMILES string of the molecule is CN(C)CCN1C(=O)C2CC=C(Cl)CC2C1=O.Cl. The van der Waals surface area contributed by atoms with Crippen molar-refractivity contribution in [3.63, 3.8) is 0 Å². The van der Waals surface area contributed by atoms with Crippen molar-refractivity contribution < 1.29 is 9.59 Å². The van der Waals surface area contributed by atoms with Crippen molar-refractivity contribution in [2.75, 3.05) is 27.2 Å². The lowest BCUT2D eigenvalue weighted by molar-refractivity contribution is -0.140. The normalized spacial score (nSPS) is 27.1. The van der Waals surface area contributed by atoms with Gasteiger partial charge in [0.25, 0.3) is 0 Å². The second kappa shape index (κ2) is 6.04. The molecule has 1 heterocycles. The van der Waals surface area contributed by atoms with Gasteiger partial charge in [0.2, 0.25) is 11.8 Å². The number of rotatable bonds is 3. The third-order valence-electron chi connectivity index (χ3n) is 3.43. The molecule has 6 heteroatoms. The number of nitrogens with zero attached hydrogens (tertiary/aromatic N) is 2. The molecule has 0 bridgehead atoms. The summed E-state index contributed by atoms with van der Waals surface area (Å²) in [5.41, 5.74) is 0. The fourth-order valence-electron chi connectivity index (χ4n) is 2.42. The quantitative estimate of drug-likeness (QED) is 0.740. The summed E-state index contributed by atoms with van der Waals surface area (Å²) in [6.45, 7) is 1.19. The number of hydrogen-bond donors (Lipinski definition) is 0. The first-order valence-corrected chi connectivity index (χ1v) is 6.23. The van der Waals surface area contributed by atoms with E-state index in [1.807, 2.05) is 25.1 Å². The van der Waals surface area contributed by atoms with E-state index in [2.05, 4.69) is 0 Å². The smallest absolute Gasteiger partial charge is 0.233 e. The number of hydrogen-bond acceptors (Lipinski definition) is 3. The third kappa shape index (κ3) is 2.87. The first-order chi connectivity index (χ1) is 8.00. The van der Waals surface area contributed by atoms with Crippen LogP contribution < -0.4 is 0 Å². The zero-order valence-electron chi connectivity index (χ0n) is 10.6. The van der Waals surface area contributed by atoms with Gasteiger partial charge in [-0.25, -0.2) is 0 Å². The molecule has 2 atom stereocenters. The van der Waals surface area contributed by atoms with E-state index in [1.54, 1.807) is 0 Å². The van der Waals surface area contributed by atoms with E-state index in [-0.39, 0.29) is 36.1 Å². The van der Waals surface area contributed by atoms with Gasteiger partial charge in [0, 0.05) is 18.1 Å². The standard InChI is InChI=1S/C12H17ClN2O2.ClH/c1-14(2)5-6-15-11(16)9-4-3-8(13)7-10(9)12(15)17;/h3,9-10H,4-7H2,1-2H3;1H. The summed E-state index contributed by atoms with van der Waals surface area (Å²) < 4.78 is 0. The maximum Gasteiger partial charge on any atom is 0.233 e. The summed E-state index contributed by atoms with van der Waals surface area (Å²) in [5.74, 6) is -0.468. The van der Waals surface area contributed by atoms with Crippen molar-refractivity contribution in [2.45, 2.75) is 12.8 Å². The van der Waals surface area contributed by atoms with E-state index < -0.39 is 0 Å². The Morgan fingerprint density at radius 2 is 1.94 bits per heavy atom. The minimum atomic E-state index is -0.220. The number of likely N-dealkylation sites (N-methyl/N-ethyl adjacent to an activating group) is 1. The predicted molar refractivity (Wildman–Crippen MR) is 72.7 cm³/mol. The van der Waals surface area contributed by atoms with Crippen LogP contribution in [-0.2, 0) is 9.59 Å². The van der Waals surface area contributed by atoms with E-state index in [9.17, 15) is 9.59 Å². The summed E-state index contributed by atoms with van der Waals surface area (Å²) in [4.78, 5) is 27.6. The zero-order chi connectivity index (χ0) is 12.6. The average Bonchev–Trinajstić information content (AvgIpc) is 2.49. The van der Waals surface area contributed by atoms with Gasteiger partial charge >= 0.3 is 0 Å².